The van der Waals surface area contributed by atoms with Crippen LogP contribution in [0.25, 0.3) is 17.0 Å². The molecule has 0 fully saturated rings. The highest BCUT2D eigenvalue weighted by molar-refractivity contribution is 7.92. The van der Waals surface area contributed by atoms with Gasteiger partial charge in [0.05, 0.1) is 11.4 Å². The first kappa shape index (κ1) is 35.1. The molecule has 1 unspecified atom stereocenters. The van der Waals surface area contributed by atoms with Gasteiger partial charge in [0, 0.05) is 16.7 Å². The number of amides is 1. The van der Waals surface area contributed by atoms with Crippen LogP contribution in [0.2, 0.25) is 5.02 Å². The van der Waals surface area contributed by atoms with Crippen LogP contribution >= 0.6 is 11.6 Å². The summed E-state index contributed by atoms with van der Waals surface area (Å²) in [4.78, 5) is 17.9. The van der Waals surface area contributed by atoms with E-state index in [2.05, 4.69) is 48.2 Å². The van der Waals surface area contributed by atoms with Crippen LogP contribution in [0, 0.1) is 5.92 Å². The molecule has 0 aliphatic heterocycles. The summed E-state index contributed by atoms with van der Waals surface area (Å²) in [7, 11) is -3.61. The van der Waals surface area contributed by atoms with E-state index >= 15 is 0 Å². The van der Waals surface area contributed by atoms with Crippen molar-refractivity contribution in [2.24, 2.45) is 5.92 Å². The molecule has 8 nitrogen and oxygen atoms in total. The zero-order valence-electron chi connectivity index (χ0n) is 27.0. The number of halogens is 1. The van der Waals surface area contributed by atoms with Crippen LogP contribution in [0.5, 0.6) is 0 Å². The number of rotatable bonds is 18. The molecule has 2 N–H and O–H groups in total. The molecule has 0 aliphatic rings. The molecule has 0 aliphatic carbocycles. The molecule has 1 aromatic carbocycles. The summed E-state index contributed by atoms with van der Waals surface area (Å²) in [6, 6.07) is 7.12. The van der Waals surface area contributed by atoms with Crippen LogP contribution in [-0.4, -0.2) is 45.1 Å². The van der Waals surface area contributed by atoms with Gasteiger partial charge < -0.3 is 5.32 Å². The number of anilines is 1. The number of nitrogens with zero attached hydrogens (tertiary/aromatic N) is 3. The summed E-state index contributed by atoms with van der Waals surface area (Å²) in [6.45, 7) is 12.0. The fourth-order valence-electron chi connectivity index (χ4n) is 5.52. The van der Waals surface area contributed by atoms with Crippen LogP contribution in [0.4, 0.5) is 5.69 Å². The van der Waals surface area contributed by atoms with Gasteiger partial charge in [0.15, 0.2) is 21.3 Å². The number of fused-ring (bicyclic) bond motifs is 1. The second-order valence-electron chi connectivity index (χ2n) is 13.2. The molecule has 0 radical (unpaired) electrons. The molecule has 3 aromatic rings. The van der Waals surface area contributed by atoms with E-state index in [4.69, 9.17) is 11.6 Å². The lowest BCUT2D eigenvalue weighted by Crippen LogP contribution is -2.40. The van der Waals surface area contributed by atoms with Gasteiger partial charge in [0.25, 0.3) is 0 Å². The average molecular weight is 634 g/mol. The largest absolute Gasteiger partial charge is 0.325 e. The van der Waals surface area contributed by atoms with Crippen molar-refractivity contribution in [2.45, 2.75) is 129 Å². The van der Waals surface area contributed by atoms with Gasteiger partial charge in [-0.3, -0.25) is 9.89 Å². The normalized spacial score (nSPS) is 13.2. The Morgan fingerprint density at radius 2 is 1.56 bits per heavy atom. The Morgan fingerprint density at radius 1 is 0.977 bits per heavy atom. The Bertz CT molecular complexity index is 1420. The first-order chi connectivity index (χ1) is 20.3. The van der Waals surface area contributed by atoms with Crippen LogP contribution in [0.3, 0.4) is 0 Å². The van der Waals surface area contributed by atoms with Crippen molar-refractivity contribution in [2.75, 3.05) is 11.1 Å². The maximum Gasteiger partial charge on any atom is 0.242 e. The van der Waals surface area contributed by atoms with Crippen LogP contribution in [-0.2, 0) is 20.0 Å². The molecule has 0 saturated heterocycles. The quantitative estimate of drug-likeness (QED) is 0.136. The molecule has 240 valence electrons. The van der Waals surface area contributed by atoms with Gasteiger partial charge in [-0.2, -0.15) is 4.63 Å². The van der Waals surface area contributed by atoms with E-state index < -0.39 is 21.0 Å². The Labute approximate surface area is 263 Å². The number of hydrogen-bond acceptors (Lipinski definition) is 5. The van der Waals surface area contributed by atoms with E-state index in [1.807, 2.05) is 6.07 Å². The lowest BCUT2D eigenvalue weighted by Gasteiger charge is -2.21. The average Bonchev–Trinajstić information content (AvgIpc) is 3.48. The second-order valence-corrected chi connectivity index (χ2v) is 15.8. The number of unbranched alkanes of at least 4 members (excludes halogenated alkanes) is 11. The highest BCUT2D eigenvalue weighted by Gasteiger charge is 2.35. The summed E-state index contributed by atoms with van der Waals surface area (Å²) >= 11 is 6.58. The minimum Gasteiger partial charge on any atom is -0.325 e. The lowest BCUT2D eigenvalue weighted by molar-refractivity contribution is -0.116. The maximum atomic E-state index is 13.3. The van der Waals surface area contributed by atoms with E-state index in [1.165, 1.54) is 51.4 Å². The lowest BCUT2D eigenvalue weighted by atomic mass is 9.92. The van der Waals surface area contributed by atoms with Crippen molar-refractivity contribution in [3.8, 4) is 11.4 Å². The minimum atomic E-state index is -3.61. The summed E-state index contributed by atoms with van der Waals surface area (Å²) in [5.41, 5.74) is 2.36. The van der Waals surface area contributed by atoms with Crippen LogP contribution in [0.1, 0.15) is 124 Å². The number of aromatic amines is 1. The van der Waals surface area contributed by atoms with Crippen molar-refractivity contribution in [1.29, 1.82) is 0 Å². The number of sulfone groups is 1. The Kier molecular flexibility index (Phi) is 13.1. The van der Waals surface area contributed by atoms with Gasteiger partial charge in [0.2, 0.25) is 5.91 Å². The summed E-state index contributed by atoms with van der Waals surface area (Å²) in [5.74, 6) is -0.373. The number of hydrogen-bond donors (Lipinski definition) is 2. The monoisotopic (exact) mass is 633 g/mol. The first-order valence-corrected chi connectivity index (χ1v) is 18.2. The van der Waals surface area contributed by atoms with Crippen LogP contribution < -0.4 is 5.32 Å². The van der Waals surface area contributed by atoms with E-state index in [-0.39, 0.29) is 17.1 Å². The summed E-state index contributed by atoms with van der Waals surface area (Å²) in [6.07, 6.45) is 14.1. The number of aromatic nitrogens is 4. The Balaban J connectivity index is 1.53. The van der Waals surface area contributed by atoms with Gasteiger partial charge >= 0.3 is 0 Å². The molecular formula is C33H52ClN5O3S. The molecule has 43 heavy (non-hydrogen) atoms. The van der Waals surface area contributed by atoms with Crippen molar-refractivity contribution in [3.63, 3.8) is 0 Å². The van der Waals surface area contributed by atoms with Gasteiger partial charge in [-0.15, -0.1) is 5.10 Å². The molecule has 2 heterocycles. The van der Waals surface area contributed by atoms with Crippen LogP contribution in [0.15, 0.2) is 24.3 Å². The molecule has 3 rings (SSSR count). The zero-order chi connectivity index (χ0) is 31.6. The molecule has 0 saturated carbocycles. The van der Waals surface area contributed by atoms with Gasteiger partial charge in [-0.1, -0.05) is 136 Å². The van der Waals surface area contributed by atoms with Crippen molar-refractivity contribution < 1.29 is 13.2 Å². The van der Waals surface area contributed by atoms with Gasteiger partial charge in [-0.05, 0) is 24.5 Å². The van der Waals surface area contributed by atoms with E-state index in [0.29, 0.717) is 34.2 Å². The van der Waals surface area contributed by atoms with Crippen molar-refractivity contribution in [3.05, 3.63) is 35.0 Å². The molecule has 1 atom stereocenters. The minimum absolute atomic E-state index is 0.0305. The number of H-pyrrole nitrogens is 1. The predicted octanol–water partition coefficient (Wildman–Crippen LogP) is 8.75. The highest BCUT2D eigenvalue weighted by Crippen LogP contribution is 2.32. The Hall–Kier alpha value is -2.39. The van der Waals surface area contributed by atoms with E-state index in [1.54, 1.807) is 36.7 Å². The van der Waals surface area contributed by atoms with Crippen molar-refractivity contribution in [1.82, 2.24) is 19.8 Å². The molecule has 1 amide bonds. The fraction of sp³-hybridized carbons (Fsp3) is 0.667. The number of carbonyl (C=O) groups excluding carboxylic acids is 1. The second kappa shape index (κ2) is 16.1. The first-order valence-electron chi connectivity index (χ1n) is 16.1. The molecule has 2 aromatic heterocycles. The number of nitrogens with one attached hydrogen (secondary N) is 2. The van der Waals surface area contributed by atoms with Gasteiger partial charge in [0.1, 0.15) is 10.3 Å². The Morgan fingerprint density at radius 3 is 2.09 bits per heavy atom. The molecular weight excluding hydrogens is 582 g/mol. The molecule has 0 spiro atoms. The summed E-state index contributed by atoms with van der Waals surface area (Å²) < 4.78 is 28.1. The number of benzene rings is 1. The van der Waals surface area contributed by atoms with E-state index in [9.17, 15) is 13.2 Å². The summed E-state index contributed by atoms with van der Waals surface area (Å²) in [5, 5.41) is 10.00. The van der Waals surface area contributed by atoms with Gasteiger partial charge in [-0.25, -0.2) is 13.4 Å². The smallest absolute Gasteiger partial charge is 0.242 e. The SMILES string of the molecule is CCCCCCCCCCCCCCS(=O)(=O)C(C(=O)Nc1cccc(-c2nc3c(Cl)c(C(C)(C)C)[nH]n3n2)c1)C(C)C. The fourth-order valence-corrected chi connectivity index (χ4v) is 8.04. The maximum absolute atomic E-state index is 13.3. The number of carbonyl (C=O) groups is 1. The third kappa shape index (κ3) is 10.1. The zero-order valence-corrected chi connectivity index (χ0v) is 28.6. The molecule has 10 heteroatoms. The molecule has 0 bridgehead atoms. The standard InChI is InChI=1S/C33H52ClN5O3S/c1-7-8-9-10-11-12-13-14-15-16-17-18-22-43(41,42)28(24(2)3)32(40)35-26-21-19-20-25(23-26)30-36-31-27(34)29(33(4,5)6)37-39(31)38-30/h19-21,23-24,28,37H,7-18,22H2,1-6H3,(H,35,40). The topological polar surface area (TPSA) is 109 Å². The highest BCUT2D eigenvalue weighted by atomic mass is 35.5. The van der Waals surface area contributed by atoms with E-state index in [0.717, 1.165) is 25.0 Å². The predicted molar refractivity (Wildman–Crippen MR) is 179 cm³/mol. The third-order valence-electron chi connectivity index (χ3n) is 7.91. The van der Waals surface area contributed by atoms with Crippen molar-refractivity contribution >= 4 is 38.7 Å². The third-order valence-corrected chi connectivity index (χ3v) is 10.7.